The van der Waals surface area contributed by atoms with Gasteiger partial charge in [0.2, 0.25) is 10.0 Å². The Bertz CT molecular complexity index is 765. The van der Waals surface area contributed by atoms with Gasteiger partial charge in [0.1, 0.15) is 5.60 Å². The summed E-state index contributed by atoms with van der Waals surface area (Å²) in [4.78, 5) is 11.7. The smallest absolute Gasteiger partial charge is 0.306 e. The third-order valence-electron chi connectivity index (χ3n) is 4.02. The summed E-state index contributed by atoms with van der Waals surface area (Å²) in [7, 11) is -3.65. The number of rotatable bonds is 10. The van der Waals surface area contributed by atoms with Crippen molar-refractivity contribution in [3.63, 3.8) is 0 Å². The van der Waals surface area contributed by atoms with Crippen molar-refractivity contribution >= 4 is 16.0 Å². The van der Waals surface area contributed by atoms with Crippen molar-refractivity contribution in [2.24, 2.45) is 5.14 Å². The second-order valence-electron chi connectivity index (χ2n) is 7.93. The minimum Gasteiger partial charge on any atom is -0.460 e. The predicted octanol–water partition coefficient (Wildman–Crippen LogP) is 4.54. The van der Waals surface area contributed by atoms with Gasteiger partial charge in [-0.3, -0.25) is 4.79 Å². The molecule has 1 rings (SSSR count). The molecule has 28 heavy (non-hydrogen) atoms. The highest BCUT2D eigenvalue weighted by atomic mass is 32.2. The lowest BCUT2D eigenvalue weighted by atomic mass is 10.1. The highest BCUT2D eigenvalue weighted by molar-refractivity contribution is 7.89. The van der Waals surface area contributed by atoms with Gasteiger partial charge >= 0.3 is 5.97 Å². The average Bonchev–Trinajstić information content (AvgIpc) is 2.57. The van der Waals surface area contributed by atoms with Gasteiger partial charge in [-0.1, -0.05) is 43.9 Å². The fourth-order valence-corrected chi connectivity index (χ4v) is 3.17. The van der Waals surface area contributed by atoms with E-state index in [1.54, 1.807) is 12.1 Å². The number of primary sulfonamides is 1. The summed E-state index contributed by atoms with van der Waals surface area (Å²) < 4.78 is 27.7. The molecule has 1 aromatic carbocycles. The van der Waals surface area contributed by atoms with Crippen molar-refractivity contribution in [3.8, 4) is 11.8 Å². The zero-order valence-electron chi connectivity index (χ0n) is 17.3. The van der Waals surface area contributed by atoms with E-state index >= 15 is 0 Å². The Morgan fingerprint density at radius 2 is 1.50 bits per heavy atom. The molecule has 0 atom stereocenters. The summed E-state index contributed by atoms with van der Waals surface area (Å²) in [6.45, 7) is 5.66. The first kappa shape index (κ1) is 24.2. The number of hydrogen-bond donors (Lipinski definition) is 1. The monoisotopic (exact) mass is 407 g/mol. The van der Waals surface area contributed by atoms with Crippen molar-refractivity contribution in [1.82, 2.24) is 0 Å². The molecule has 2 N–H and O–H groups in total. The zero-order chi connectivity index (χ0) is 21.0. The highest BCUT2D eigenvalue weighted by Gasteiger charge is 2.15. The standard InChI is InChI=1S/C22H33NO4S/c1-22(2,3)27-21(24)14-12-10-8-6-4-5-7-9-11-13-19-15-17-20(18-16-19)28(23,25)26/h15-18H,4-10,12,14H2,1-3H3,(H2,23,25,26). The SMILES string of the molecule is CC(C)(C)OC(=O)CCCCCCCCCC#Cc1ccc(S(N)(=O)=O)cc1. The van der Waals surface area contributed by atoms with Crippen LogP contribution < -0.4 is 5.14 Å². The highest BCUT2D eigenvalue weighted by Crippen LogP contribution is 2.13. The van der Waals surface area contributed by atoms with E-state index in [1.165, 1.54) is 25.0 Å². The molecule has 0 heterocycles. The van der Waals surface area contributed by atoms with Crippen molar-refractivity contribution in [3.05, 3.63) is 29.8 Å². The van der Waals surface area contributed by atoms with Crippen LogP contribution in [0.4, 0.5) is 0 Å². The molecule has 0 saturated heterocycles. The van der Waals surface area contributed by atoms with E-state index in [9.17, 15) is 13.2 Å². The third kappa shape index (κ3) is 11.8. The quantitative estimate of drug-likeness (QED) is 0.350. The molecule has 0 aromatic heterocycles. The Balaban J connectivity index is 2.06. The number of carbonyl (C=O) groups is 1. The summed E-state index contributed by atoms with van der Waals surface area (Å²) in [6, 6.07) is 6.29. The number of benzene rings is 1. The molecule has 0 spiro atoms. The fraction of sp³-hybridized carbons (Fsp3) is 0.591. The molecule has 0 radical (unpaired) electrons. The van der Waals surface area contributed by atoms with Gasteiger partial charge < -0.3 is 4.74 Å². The number of sulfonamides is 1. The molecule has 5 nitrogen and oxygen atoms in total. The van der Waals surface area contributed by atoms with E-state index in [4.69, 9.17) is 9.88 Å². The Labute approximate surface area is 170 Å². The number of carbonyl (C=O) groups excluding carboxylic acids is 1. The maximum Gasteiger partial charge on any atom is 0.306 e. The largest absolute Gasteiger partial charge is 0.460 e. The molecule has 0 aliphatic carbocycles. The van der Waals surface area contributed by atoms with Crippen LogP contribution >= 0.6 is 0 Å². The summed E-state index contributed by atoms with van der Waals surface area (Å²) in [6.07, 6.45) is 8.99. The predicted molar refractivity (Wildman–Crippen MR) is 112 cm³/mol. The molecule has 0 aliphatic rings. The number of ether oxygens (including phenoxy) is 1. The first-order chi connectivity index (χ1) is 13.1. The van der Waals surface area contributed by atoms with Crippen molar-refractivity contribution in [2.75, 3.05) is 0 Å². The van der Waals surface area contributed by atoms with Gasteiger partial charge in [0, 0.05) is 18.4 Å². The van der Waals surface area contributed by atoms with Gasteiger partial charge in [-0.2, -0.15) is 0 Å². The van der Waals surface area contributed by atoms with Crippen molar-refractivity contribution < 1.29 is 17.9 Å². The van der Waals surface area contributed by atoms with Gasteiger partial charge in [-0.25, -0.2) is 13.6 Å². The minimum absolute atomic E-state index is 0.101. The van der Waals surface area contributed by atoms with E-state index in [-0.39, 0.29) is 10.9 Å². The molecule has 6 heteroatoms. The Kier molecular flexibility index (Phi) is 10.3. The summed E-state index contributed by atoms with van der Waals surface area (Å²) in [5.41, 5.74) is 0.395. The first-order valence-corrected chi connectivity index (χ1v) is 11.5. The molecule has 0 saturated carbocycles. The van der Waals surface area contributed by atoms with Crippen LogP contribution in [0.2, 0.25) is 0 Å². The number of unbranched alkanes of at least 4 members (excludes halogenated alkanes) is 7. The van der Waals surface area contributed by atoms with Crippen LogP contribution in [0, 0.1) is 11.8 Å². The second-order valence-corrected chi connectivity index (χ2v) is 9.49. The van der Waals surface area contributed by atoms with Crippen molar-refractivity contribution in [2.45, 2.75) is 89.1 Å². The van der Waals surface area contributed by atoms with Crippen LogP contribution in [0.5, 0.6) is 0 Å². The molecule has 0 fully saturated rings. The van der Waals surface area contributed by atoms with Gasteiger partial charge in [0.15, 0.2) is 0 Å². The normalized spacial score (nSPS) is 11.6. The molecule has 0 amide bonds. The minimum atomic E-state index is -3.65. The number of nitrogens with two attached hydrogens (primary N) is 1. The van der Waals surface area contributed by atoms with E-state index in [0.717, 1.165) is 44.1 Å². The number of esters is 1. The van der Waals surface area contributed by atoms with E-state index < -0.39 is 15.6 Å². The third-order valence-corrected chi connectivity index (χ3v) is 4.95. The lowest BCUT2D eigenvalue weighted by molar-refractivity contribution is -0.154. The van der Waals surface area contributed by atoms with Gasteiger partial charge in [0.05, 0.1) is 4.90 Å². The number of hydrogen-bond acceptors (Lipinski definition) is 4. The lowest BCUT2D eigenvalue weighted by Gasteiger charge is -2.19. The summed E-state index contributed by atoms with van der Waals surface area (Å²) in [5.74, 6) is 6.05. The Morgan fingerprint density at radius 1 is 0.964 bits per heavy atom. The lowest BCUT2D eigenvalue weighted by Crippen LogP contribution is -2.23. The van der Waals surface area contributed by atoms with Gasteiger partial charge in [0.25, 0.3) is 0 Å². The van der Waals surface area contributed by atoms with Crippen LogP contribution in [-0.2, 0) is 19.6 Å². The fourth-order valence-electron chi connectivity index (χ4n) is 2.65. The molecular formula is C22H33NO4S. The first-order valence-electron chi connectivity index (χ1n) is 9.91. The second kappa shape index (κ2) is 11.9. The Hall–Kier alpha value is -1.84. The summed E-state index contributed by atoms with van der Waals surface area (Å²) >= 11 is 0. The van der Waals surface area contributed by atoms with E-state index in [0.29, 0.717) is 6.42 Å². The van der Waals surface area contributed by atoms with Crippen molar-refractivity contribution in [1.29, 1.82) is 0 Å². The Morgan fingerprint density at radius 3 is 2.04 bits per heavy atom. The molecule has 156 valence electrons. The van der Waals surface area contributed by atoms with Crippen LogP contribution in [-0.4, -0.2) is 20.0 Å². The van der Waals surface area contributed by atoms with Crippen LogP contribution in [0.15, 0.2) is 29.2 Å². The maximum absolute atomic E-state index is 11.6. The van der Waals surface area contributed by atoms with Crippen LogP contribution in [0.3, 0.4) is 0 Å². The van der Waals surface area contributed by atoms with Gasteiger partial charge in [-0.05, 0) is 57.9 Å². The van der Waals surface area contributed by atoms with E-state index in [2.05, 4.69) is 11.8 Å². The molecule has 0 bridgehead atoms. The molecule has 1 aromatic rings. The summed E-state index contributed by atoms with van der Waals surface area (Å²) in [5, 5.41) is 5.06. The van der Waals surface area contributed by atoms with Crippen LogP contribution in [0.25, 0.3) is 0 Å². The van der Waals surface area contributed by atoms with E-state index in [1.807, 2.05) is 20.8 Å². The van der Waals surface area contributed by atoms with Gasteiger partial charge in [-0.15, -0.1) is 0 Å². The zero-order valence-corrected chi connectivity index (χ0v) is 18.1. The topological polar surface area (TPSA) is 86.5 Å². The maximum atomic E-state index is 11.6. The molecule has 0 unspecified atom stereocenters. The van der Waals surface area contributed by atoms with Crippen LogP contribution in [0.1, 0.15) is 84.1 Å². The molecular weight excluding hydrogens is 374 g/mol. The average molecular weight is 408 g/mol. The molecule has 0 aliphatic heterocycles.